The van der Waals surface area contributed by atoms with Crippen LogP contribution >= 0.6 is 0 Å². The van der Waals surface area contributed by atoms with E-state index in [9.17, 15) is 0 Å². The molecule has 2 nitrogen and oxygen atoms in total. The second kappa shape index (κ2) is 13.4. The third-order valence-corrected chi connectivity index (χ3v) is 3.94. The highest BCUT2D eigenvalue weighted by Crippen LogP contribution is 2.22. The molecule has 0 unspecified atom stereocenters. The van der Waals surface area contributed by atoms with Gasteiger partial charge in [0.1, 0.15) is 0 Å². The average molecular weight is 391 g/mol. The number of hydrogen-bond acceptors (Lipinski definition) is 2. The molecule has 2 aromatic carbocycles. The van der Waals surface area contributed by atoms with Crippen molar-refractivity contribution in [3.05, 3.63) is 78.0 Å². The molecule has 2 heteroatoms. The quantitative estimate of drug-likeness (QED) is 0.402. The Morgan fingerprint density at radius 3 is 2.07 bits per heavy atom. The van der Waals surface area contributed by atoms with Crippen molar-refractivity contribution in [1.82, 2.24) is 4.98 Å². The summed E-state index contributed by atoms with van der Waals surface area (Å²) < 4.78 is 0. The molecule has 0 bridgehead atoms. The molecule has 0 saturated carbocycles. The first-order valence-electron chi connectivity index (χ1n) is 10.4. The molecule has 1 heterocycles. The maximum Gasteiger partial charge on any atom is 0.0705 e. The van der Waals surface area contributed by atoms with Crippen molar-refractivity contribution >= 4 is 29.4 Å². The lowest BCUT2D eigenvalue weighted by Gasteiger charge is -2.17. The van der Waals surface area contributed by atoms with Gasteiger partial charge in [-0.1, -0.05) is 97.5 Å². The first-order chi connectivity index (χ1) is 13.8. The molecular formula is C27H38N2. The highest BCUT2D eigenvalue weighted by atomic mass is 14.7. The highest BCUT2D eigenvalue weighted by Gasteiger charge is 2.14. The second-order valence-corrected chi connectivity index (χ2v) is 7.06. The zero-order valence-electron chi connectivity index (χ0n) is 19.6. The SMILES string of the molecule is C=Cc1ccc(C)cc1N=C.CC.CC.CC(C)(C)c1ccc2ccccc2n1. The largest absolute Gasteiger partial charge is 0.264 e. The molecule has 0 aliphatic carbocycles. The van der Waals surface area contributed by atoms with Gasteiger partial charge in [0, 0.05) is 16.5 Å². The standard InChI is InChI=1S/C13H15N.C10H11N.2C2H6/c1-13(2,3)12-9-8-10-6-4-5-7-11(10)14-12;1-4-9-6-5-8(2)7-10(9)11-3;2*1-2/h4-9H,1-3H3;4-7H,1,3H2,2H3;2*1-2H3. The van der Waals surface area contributed by atoms with Gasteiger partial charge in [0.2, 0.25) is 0 Å². The number of aryl methyl sites for hydroxylation is 1. The van der Waals surface area contributed by atoms with Crippen LogP contribution in [0.1, 0.15) is 65.3 Å². The van der Waals surface area contributed by atoms with E-state index < -0.39 is 0 Å². The van der Waals surface area contributed by atoms with Gasteiger partial charge in [-0.2, -0.15) is 0 Å². The summed E-state index contributed by atoms with van der Waals surface area (Å²) in [6.45, 7) is 23.7. The van der Waals surface area contributed by atoms with E-state index in [4.69, 9.17) is 0 Å². The second-order valence-electron chi connectivity index (χ2n) is 7.06. The highest BCUT2D eigenvalue weighted by molar-refractivity contribution is 5.78. The minimum atomic E-state index is 0.129. The van der Waals surface area contributed by atoms with Crippen molar-refractivity contribution in [2.75, 3.05) is 0 Å². The van der Waals surface area contributed by atoms with E-state index in [1.165, 1.54) is 10.9 Å². The number of rotatable bonds is 2. The predicted molar refractivity (Wildman–Crippen MR) is 134 cm³/mol. The van der Waals surface area contributed by atoms with Crippen LogP contribution < -0.4 is 0 Å². The number of aliphatic imine (C=N–C) groups is 1. The van der Waals surface area contributed by atoms with Crippen molar-refractivity contribution in [1.29, 1.82) is 0 Å². The molecule has 0 aliphatic heterocycles. The third kappa shape index (κ3) is 8.43. The Bertz CT molecular complexity index is 886. The molecule has 3 aromatic rings. The molecule has 0 fully saturated rings. The fraction of sp³-hybridized carbons (Fsp3) is 0.333. The van der Waals surface area contributed by atoms with Crippen molar-refractivity contribution < 1.29 is 0 Å². The number of benzene rings is 2. The Balaban J connectivity index is 0.000000472. The van der Waals surface area contributed by atoms with Crippen LogP contribution in [0.5, 0.6) is 0 Å². The van der Waals surface area contributed by atoms with Gasteiger partial charge in [-0.15, -0.1) is 0 Å². The van der Waals surface area contributed by atoms with Crippen molar-refractivity contribution in [2.45, 2.75) is 60.8 Å². The summed E-state index contributed by atoms with van der Waals surface area (Å²) in [4.78, 5) is 8.53. The molecule has 0 N–H and O–H groups in total. The molecule has 0 aliphatic rings. The summed E-state index contributed by atoms with van der Waals surface area (Å²) in [6, 6.07) is 18.5. The number of nitrogens with zero attached hydrogens (tertiary/aromatic N) is 2. The Morgan fingerprint density at radius 1 is 0.897 bits per heavy atom. The van der Waals surface area contributed by atoms with Crippen LogP contribution in [-0.4, -0.2) is 11.7 Å². The van der Waals surface area contributed by atoms with Gasteiger partial charge in [0.25, 0.3) is 0 Å². The van der Waals surface area contributed by atoms with Gasteiger partial charge in [0.05, 0.1) is 11.2 Å². The van der Waals surface area contributed by atoms with Crippen LogP contribution in [-0.2, 0) is 5.41 Å². The Hall–Kier alpha value is -2.74. The van der Waals surface area contributed by atoms with Crippen LogP contribution in [0.2, 0.25) is 0 Å². The van der Waals surface area contributed by atoms with Crippen LogP contribution in [0.25, 0.3) is 17.0 Å². The van der Waals surface area contributed by atoms with Crippen molar-refractivity contribution in [3.8, 4) is 0 Å². The van der Waals surface area contributed by atoms with Gasteiger partial charge in [-0.05, 0) is 43.0 Å². The predicted octanol–water partition coefficient (Wildman–Crippen LogP) is 8.55. The van der Waals surface area contributed by atoms with Crippen LogP contribution in [0.15, 0.2) is 66.2 Å². The Labute approximate surface area is 178 Å². The van der Waals surface area contributed by atoms with Crippen molar-refractivity contribution in [3.63, 3.8) is 0 Å². The minimum absolute atomic E-state index is 0.129. The maximum absolute atomic E-state index is 4.65. The summed E-state index contributed by atoms with van der Waals surface area (Å²) in [5, 5.41) is 1.21. The fourth-order valence-corrected chi connectivity index (χ4v) is 2.45. The zero-order valence-corrected chi connectivity index (χ0v) is 19.6. The summed E-state index contributed by atoms with van der Waals surface area (Å²) in [5.74, 6) is 0. The van der Waals surface area contributed by atoms with Gasteiger partial charge in [-0.25, -0.2) is 0 Å². The van der Waals surface area contributed by atoms with E-state index in [1.807, 2.05) is 65.0 Å². The number of pyridine rings is 1. The minimum Gasteiger partial charge on any atom is -0.264 e. The molecule has 0 radical (unpaired) electrons. The van der Waals surface area contributed by atoms with E-state index in [1.54, 1.807) is 6.08 Å². The lowest BCUT2D eigenvalue weighted by molar-refractivity contribution is 0.571. The maximum atomic E-state index is 4.65. The average Bonchev–Trinajstić information content (AvgIpc) is 2.76. The molecule has 0 saturated heterocycles. The first-order valence-corrected chi connectivity index (χ1v) is 10.4. The molecule has 29 heavy (non-hydrogen) atoms. The Kier molecular flexibility index (Phi) is 12.2. The molecule has 156 valence electrons. The number of aromatic nitrogens is 1. The summed E-state index contributed by atoms with van der Waals surface area (Å²) >= 11 is 0. The fourth-order valence-electron chi connectivity index (χ4n) is 2.45. The topological polar surface area (TPSA) is 25.2 Å². The van der Waals surface area contributed by atoms with E-state index in [-0.39, 0.29) is 5.41 Å². The third-order valence-electron chi connectivity index (χ3n) is 3.94. The van der Waals surface area contributed by atoms with Gasteiger partial charge >= 0.3 is 0 Å². The van der Waals surface area contributed by atoms with Gasteiger partial charge < -0.3 is 0 Å². The van der Waals surface area contributed by atoms with Gasteiger partial charge in [-0.3, -0.25) is 9.98 Å². The lowest BCUT2D eigenvalue weighted by Crippen LogP contribution is -2.13. The molecular weight excluding hydrogens is 352 g/mol. The smallest absolute Gasteiger partial charge is 0.0705 e. The van der Waals surface area contributed by atoms with Crippen LogP contribution in [0.3, 0.4) is 0 Å². The number of hydrogen-bond donors (Lipinski definition) is 0. The summed E-state index contributed by atoms with van der Waals surface area (Å²) in [7, 11) is 0. The molecule has 0 spiro atoms. The number of para-hydroxylation sites is 1. The Morgan fingerprint density at radius 2 is 1.52 bits per heavy atom. The zero-order chi connectivity index (χ0) is 22.4. The monoisotopic (exact) mass is 390 g/mol. The molecule has 0 amide bonds. The first kappa shape index (κ1) is 26.3. The normalized spacial score (nSPS) is 9.66. The van der Waals surface area contributed by atoms with E-state index in [2.05, 4.69) is 68.3 Å². The van der Waals surface area contributed by atoms with Crippen LogP contribution in [0.4, 0.5) is 5.69 Å². The summed E-state index contributed by atoms with van der Waals surface area (Å²) in [6.07, 6.45) is 1.78. The van der Waals surface area contributed by atoms with E-state index in [0.717, 1.165) is 22.5 Å². The number of fused-ring (bicyclic) bond motifs is 1. The van der Waals surface area contributed by atoms with Gasteiger partial charge in [0.15, 0.2) is 0 Å². The summed E-state index contributed by atoms with van der Waals surface area (Å²) in [5.41, 5.74) is 5.49. The molecule has 3 rings (SSSR count). The van der Waals surface area contributed by atoms with E-state index in [0.29, 0.717) is 0 Å². The lowest BCUT2D eigenvalue weighted by atomic mass is 9.91. The van der Waals surface area contributed by atoms with Crippen molar-refractivity contribution in [2.24, 2.45) is 4.99 Å². The van der Waals surface area contributed by atoms with Crippen LogP contribution in [0, 0.1) is 6.92 Å². The van der Waals surface area contributed by atoms with E-state index >= 15 is 0 Å². The molecule has 0 atom stereocenters. The molecule has 1 aromatic heterocycles.